The summed E-state index contributed by atoms with van der Waals surface area (Å²) in [7, 11) is 1.45. The number of nitrogens with one attached hydrogen (secondary N) is 1. The van der Waals surface area contributed by atoms with Gasteiger partial charge in [-0.3, -0.25) is 4.79 Å². The van der Waals surface area contributed by atoms with Gasteiger partial charge in [-0.05, 0) is 12.1 Å². The van der Waals surface area contributed by atoms with Gasteiger partial charge < -0.3 is 14.5 Å². The van der Waals surface area contributed by atoms with Crippen molar-refractivity contribution < 1.29 is 13.9 Å². The third-order valence-electron chi connectivity index (χ3n) is 2.21. The first-order valence-corrected chi connectivity index (χ1v) is 5.08. The van der Waals surface area contributed by atoms with E-state index in [9.17, 15) is 9.18 Å². The molecule has 0 fully saturated rings. The predicted octanol–water partition coefficient (Wildman–Crippen LogP) is 0.736. The van der Waals surface area contributed by atoms with Gasteiger partial charge in [-0.2, -0.15) is 0 Å². The summed E-state index contributed by atoms with van der Waals surface area (Å²) in [5.74, 6) is -0.541. The Morgan fingerprint density at radius 2 is 2.35 bits per heavy atom. The van der Waals surface area contributed by atoms with Crippen LogP contribution in [0.4, 0.5) is 4.39 Å². The summed E-state index contributed by atoms with van der Waals surface area (Å²) < 4.78 is 19.2. The molecule has 0 bridgehead atoms. The summed E-state index contributed by atoms with van der Waals surface area (Å²) in [6, 6.07) is 2.92. The van der Waals surface area contributed by atoms with Crippen LogP contribution in [0, 0.1) is 5.82 Å². The maximum absolute atomic E-state index is 12.9. The molecule has 0 aliphatic heterocycles. The van der Waals surface area contributed by atoms with Gasteiger partial charge >= 0.3 is 0 Å². The van der Waals surface area contributed by atoms with E-state index in [1.807, 2.05) is 0 Å². The lowest BCUT2D eigenvalue weighted by molar-refractivity contribution is -0.124. The van der Waals surface area contributed by atoms with Crippen LogP contribution in [0.15, 0.2) is 24.5 Å². The first kappa shape index (κ1) is 11.5. The number of fused-ring (bicyclic) bond motifs is 1. The van der Waals surface area contributed by atoms with Crippen LogP contribution in [-0.2, 0) is 16.1 Å². The number of nitrogens with zero attached hydrogens (tertiary/aromatic N) is 2. The summed E-state index contributed by atoms with van der Waals surface area (Å²) in [6.07, 6.45) is 3.01. The molecule has 6 heteroatoms. The zero-order valence-electron chi connectivity index (χ0n) is 9.31. The predicted molar refractivity (Wildman–Crippen MR) is 58.9 cm³/mol. The van der Waals surface area contributed by atoms with Gasteiger partial charge in [0.2, 0.25) is 5.91 Å². The summed E-state index contributed by atoms with van der Waals surface area (Å²) in [5, 5.41) is 2.64. The number of carbonyl (C=O) groups is 1. The number of methoxy groups -OCH3 is 1. The number of pyridine rings is 1. The number of imidazole rings is 1. The van der Waals surface area contributed by atoms with Crippen LogP contribution in [0.2, 0.25) is 0 Å². The first-order chi connectivity index (χ1) is 8.19. The number of ether oxygens (including phenoxy) is 1. The largest absolute Gasteiger partial charge is 0.375 e. The number of hydrogen-bond acceptors (Lipinski definition) is 3. The summed E-state index contributed by atoms with van der Waals surface area (Å²) in [6.45, 7) is 0.313. The molecule has 2 aromatic heterocycles. The molecule has 2 heterocycles. The SMILES string of the molecule is COCC(=O)NCc1cn2cc(F)ccc2n1. The Bertz CT molecular complexity index is 538. The van der Waals surface area contributed by atoms with E-state index in [-0.39, 0.29) is 18.3 Å². The van der Waals surface area contributed by atoms with Crippen molar-refractivity contribution in [2.24, 2.45) is 0 Å². The van der Waals surface area contributed by atoms with Crippen molar-refractivity contribution in [1.82, 2.24) is 14.7 Å². The average Bonchev–Trinajstić information content (AvgIpc) is 2.68. The molecule has 0 atom stereocenters. The third kappa shape index (κ3) is 2.79. The zero-order chi connectivity index (χ0) is 12.3. The topological polar surface area (TPSA) is 55.6 Å². The van der Waals surface area contributed by atoms with E-state index in [4.69, 9.17) is 0 Å². The van der Waals surface area contributed by atoms with Crippen molar-refractivity contribution in [2.45, 2.75) is 6.54 Å². The molecule has 0 saturated heterocycles. The van der Waals surface area contributed by atoms with Crippen molar-refractivity contribution in [1.29, 1.82) is 0 Å². The Kier molecular flexibility index (Phi) is 3.34. The fourth-order valence-electron chi connectivity index (χ4n) is 1.47. The van der Waals surface area contributed by atoms with E-state index in [1.54, 1.807) is 16.7 Å². The fourth-order valence-corrected chi connectivity index (χ4v) is 1.47. The van der Waals surface area contributed by atoms with Crippen LogP contribution in [-0.4, -0.2) is 29.0 Å². The number of carbonyl (C=O) groups excluding carboxylic acids is 1. The van der Waals surface area contributed by atoms with E-state index in [0.717, 1.165) is 0 Å². The van der Waals surface area contributed by atoms with Gasteiger partial charge in [0.05, 0.1) is 12.2 Å². The van der Waals surface area contributed by atoms with Crippen LogP contribution < -0.4 is 5.32 Å². The summed E-state index contributed by atoms with van der Waals surface area (Å²) in [5.41, 5.74) is 1.31. The lowest BCUT2D eigenvalue weighted by atomic mass is 10.4. The second-order valence-corrected chi connectivity index (χ2v) is 3.55. The zero-order valence-corrected chi connectivity index (χ0v) is 9.31. The Hall–Kier alpha value is -1.95. The van der Waals surface area contributed by atoms with Crippen molar-refractivity contribution >= 4 is 11.6 Å². The van der Waals surface area contributed by atoms with E-state index in [0.29, 0.717) is 17.9 Å². The van der Waals surface area contributed by atoms with Gasteiger partial charge in [-0.15, -0.1) is 0 Å². The van der Waals surface area contributed by atoms with Gasteiger partial charge in [-0.1, -0.05) is 0 Å². The molecular weight excluding hydrogens is 225 g/mol. The second kappa shape index (κ2) is 4.92. The standard InChI is InChI=1S/C11H12FN3O2/c1-17-7-11(16)13-4-9-6-15-5-8(12)2-3-10(15)14-9/h2-3,5-6H,4,7H2,1H3,(H,13,16). The Morgan fingerprint density at radius 1 is 1.53 bits per heavy atom. The maximum Gasteiger partial charge on any atom is 0.246 e. The van der Waals surface area contributed by atoms with Gasteiger partial charge in [0, 0.05) is 19.5 Å². The molecule has 0 aromatic carbocycles. The molecule has 0 spiro atoms. The molecule has 1 N–H and O–H groups in total. The number of halogens is 1. The average molecular weight is 237 g/mol. The van der Waals surface area contributed by atoms with Gasteiger partial charge in [0.25, 0.3) is 0 Å². The molecule has 0 aliphatic rings. The van der Waals surface area contributed by atoms with Crippen LogP contribution in [0.1, 0.15) is 5.69 Å². The van der Waals surface area contributed by atoms with Crippen molar-refractivity contribution in [3.05, 3.63) is 36.0 Å². The van der Waals surface area contributed by atoms with E-state index in [2.05, 4.69) is 15.0 Å². The van der Waals surface area contributed by atoms with Crippen LogP contribution in [0.3, 0.4) is 0 Å². The van der Waals surface area contributed by atoms with Crippen LogP contribution in [0.5, 0.6) is 0 Å². The highest BCUT2D eigenvalue weighted by molar-refractivity contribution is 5.77. The minimum absolute atomic E-state index is 0.0159. The summed E-state index contributed by atoms with van der Waals surface area (Å²) in [4.78, 5) is 15.4. The molecule has 17 heavy (non-hydrogen) atoms. The lowest BCUT2D eigenvalue weighted by Crippen LogP contribution is -2.26. The van der Waals surface area contributed by atoms with Crippen LogP contribution >= 0.6 is 0 Å². The van der Waals surface area contributed by atoms with E-state index < -0.39 is 0 Å². The Morgan fingerprint density at radius 3 is 3.12 bits per heavy atom. The van der Waals surface area contributed by atoms with E-state index in [1.165, 1.54) is 19.4 Å². The number of amides is 1. The lowest BCUT2D eigenvalue weighted by Gasteiger charge is -2.00. The highest BCUT2D eigenvalue weighted by atomic mass is 19.1. The molecule has 2 rings (SSSR count). The number of hydrogen-bond donors (Lipinski definition) is 1. The van der Waals surface area contributed by atoms with E-state index >= 15 is 0 Å². The fraction of sp³-hybridized carbons (Fsp3) is 0.273. The summed E-state index contributed by atoms with van der Waals surface area (Å²) >= 11 is 0. The Balaban J connectivity index is 2.07. The monoisotopic (exact) mass is 237 g/mol. The molecule has 0 unspecified atom stereocenters. The molecular formula is C11H12FN3O2. The number of rotatable bonds is 4. The maximum atomic E-state index is 12.9. The molecule has 0 aliphatic carbocycles. The van der Waals surface area contributed by atoms with Gasteiger partial charge in [0.1, 0.15) is 18.1 Å². The molecule has 2 aromatic rings. The van der Waals surface area contributed by atoms with Crippen molar-refractivity contribution in [3.63, 3.8) is 0 Å². The van der Waals surface area contributed by atoms with Gasteiger partial charge in [-0.25, -0.2) is 9.37 Å². The molecule has 5 nitrogen and oxygen atoms in total. The van der Waals surface area contributed by atoms with Crippen molar-refractivity contribution in [2.75, 3.05) is 13.7 Å². The minimum atomic E-state index is -0.329. The molecule has 1 amide bonds. The molecule has 90 valence electrons. The normalized spacial score (nSPS) is 10.7. The smallest absolute Gasteiger partial charge is 0.246 e. The molecule has 0 radical (unpaired) electrons. The molecule has 0 saturated carbocycles. The number of aromatic nitrogens is 2. The van der Waals surface area contributed by atoms with Crippen molar-refractivity contribution in [3.8, 4) is 0 Å². The second-order valence-electron chi connectivity index (χ2n) is 3.55. The highest BCUT2D eigenvalue weighted by Gasteiger charge is 2.04. The quantitative estimate of drug-likeness (QED) is 0.853. The van der Waals surface area contributed by atoms with Gasteiger partial charge in [0.15, 0.2) is 0 Å². The first-order valence-electron chi connectivity index (χ1n) is 5.08. The third-order valence-corrected chi connectivity index (χ3v) is 2.21. The highest BCUT2D eigenvalue weighted by Crippen LogP contribution is 2.06. The minimum Gasteiger partial charge on any atom is -0.375 e. The van der Waals surface area contributed by atoms with Crippen LogP contribution in [0.25, 0.3) is 5.65 Å². The Labute approximate surface area is 97.2 Å².